The van der Waals surface area contributed by atoms with Gasteiger partial charge in [-0.3, -0.25) is 0 Å². The third-order valence-corrected chi connectivity index (χ3v) is 0.998. The van der Waals surface area contributed by atoms with Gasteiger partial charge in [-0.1, -0.05) is 0 Å². The highest BCUT2D eigenvalue weighted by atomic mass is 16.5. The Morgan fingerprint density at radius 3 is 2.64 bits per heavy atom. The molecule has 0 radical (unpaired) electrons. The van der Waals surface area contributed by atoms with Crippen molar-refractivity contribution >= 4 is 0 Å². The number of nitrogens with zero attached hydrogens (tertiary/aromatic N) is 1. The summed E-state index contributed by atoms with van der Waals surface area (Å²) >= 11 is 0. The summed E-state index contributed by atoms with van der Waals surface area (Å²) in [5.41, 5.74) is 0.522. The van der Waals surface area contributed by atoms with Gasteiger partial charge in [0.1, 0.15) is 6.07 Å². The van der Waals surface area contributed by atoms with Crippen molar-refractivity contribution in [3.8, 4) is 6.07 Å². The van der Waals surface area contributed by atoms with Gasteiger partial charge in [-0.25, -0.2) is 0 Å². The maximum atomic E-state index is 8.50. The molecule has 3 heteroatoms. The molecule has 3 nitrogen and oxygen atoms in total. The van der Waals surface area contributed by atoms with E-state index < -0.39 is 0 Å². The molecule has 0 unspecified atom stereocenters. The fraction of sp³-hybridized carbons (Fsp3) is 0.625. The number of nitriles is 1. The molecule has 0 spiro atoms. The Hall–Kier alpha value is -1.01. The molecule has 0 aliphatic rings. The van der Waals surface area contributed by atoms with E-state index in [1.54, 1.807) is 0 Å². The van der Waals surface area contributed by atoms with Crippen LogP contribution in [0.15, 0.2) is 11.8 Å². The lowest BCUT2D eigenvalue weighted by atomic mass is 10.3. The zero-order chi connectivity index (χ0) is 8.53. The lowest BCUT2D eigenvalue weighted by Crippen LogP contribution is -1.96. The van der Waals surface area contributed by atoms with Crippen LogP contribution in [0.25, 0.3) is 0 Å². The average Bonchev–Trinajstić information content (AvgIpc) is 2.05. The zero-order valence-electron chi connectivity index (χ0n) is 6.96. The molecule has 0 aliphatic carbocycles. The first-order valence-electron chi connectivity index (χ1n) is 3.63. The van der Waals surface area contributed by atoms with Crippen LogP contribution in [-0.2, 0) is 9.47 Å². The van der Waals surface area contributed by atoms with E-state index in [0.717, 1.165) is 0 Å². The molecule has 0 amide bonds. The summed E-state index contributed by atoms with van der Waals surface area (Å²) in [7, 11) is 0. The van der Waals surface area contributed by atoms with E-state index >= 15 is 0 Å². The smallest absolute Gasteiger partial charge is 0.100 e. The molecule has 0 heterocycles. The summed E-state index contributed by atoms with van der Waals surface area (Å²) in [4.78, 5) is 0. The van der Waals surface area contributed by atoms with Gasteiger partial charge in [-0.2, -0.15) is 5.26 Å². The average molecular weight is 155 g/mol. The lowest BCUT2D eigenvalue weighted by molar-refractivity contribution is 0.168. The van der Waals surface area contributed by atoms with E-state index in [9.17, 15) is 0 Å². The second kappa shape index (κ2) is 7.10. The minimum absolute atomic E-state index is 0.340. The van der Waals surface area contributed by atoms with E-state index in [1.807, 2.05) is 19.9 Å². The van der Waals surface area contributed by atoms with E-state index in [2.05, 4.69) is 0 Å². The Balaban J connectivity index is 3.67. The molecule has 0 aromatic carbocycles. The number of hydrogen-bond acceptors (Lipinski definition) is 3. The fourth-order valence-corrected chi connectivity index (χ4v) is 0.489. The molecular weight excluding hydrogens is 142 g/mol. The van der Waals surface area contributed by atoms with Gasteiger partial charge in [0.25, 0.3) is 0 Å². The fourth-order valence-electron chi connectivity index (χ4n) is 0.489. The minimum atomic E-state index is 0.340. The lowest BCUT2D eigenvalue weighted by Gasteiger charge is -1.98. The number of rotatable bonds is 5. The van der Waals surface area contributed by atoms with E-state index in [1.165, 1.54) is 6.26 Å². The van der Waals surface area contributed by atoms with Crippen LogP contribution in [0, 0.1) is 11.3 Å². The van der Waals surface area contributed by atoms with Crippen LogP contribution >= 0.6 is 0 Å². The highest BCUT2D eigenvalue weighted by Crippen LogP contribution is 1.93. The maximum absolute atomic E-state index is 8.50. The van der Waals surface area contributed by atoms with E-state index in [0.29, 0.717) is 25.4 Å². The highest BCUT2D eigenvalue weighted by Gasteiger charge is 1.93. The van der Waals surface area contributed by atoms with Crippen molar-refractivity contribution in [2.24, 2.45) is 0 Å². The van der Waals surface area contributed by atoms with E-state index in [-0.39, 0.29) is 0 Å². The van der Waals surface area contributed by atoms with Gasteiger partial charge in [-0.05, 0) is 13.8 Å². The van der Waals surface area contributed by atoms with Crippen LogP contribution < -0.4 is 0 Å². The summed E-state index contributed by atoms with van der Waals surface area (Å²) in [6, 6.07) is 1.98. The molecular formula is C8H13NO2. The van der Waals surface area contributed by atoms with Crippen molar-refractivity contribution in [1.82, 2.24) is 0 Å². The molecule has 0 fully saturated rings. The molecule has 0 saturated heterocycles. The van der Waals surface area contributed by atoms with Crippen LogP contribution in [0.1, 0.15) is 13.8 Å². The van der Waals surface area contributed by atoms with Gasteiger partial charge in [0.15, 0.2) is 0 Å². The van der Waals surface area contributed by atoms with Gasteiger partial charge in [-0.15, -0.1) is 0 Å². The van der Waals surface area contributed by atoms with Crippen molar-refractivity contribution in [2.75, 3.05) is 19.8 Å². The molecule has 0 saturated carbocycles. The summed E-state index contributed by atoms with van der Waals surface area (Å²) < 4.78 is 9.93. The molecule has 11 heavy (non-hydrogen) atoms. The van der Waals surface area contributed by atoms with Crippen LogP contribution in [0.4, 0.5) is 0 Å². The molecule has 0 rings (SSSR count). The normalized spacial score (nSPS) is 10.8. The first kappa shape index (κ1) is 9.99. The summed E-state index contributed by atoms with van der Waals surface area (Å²) in [6.07, 6.45) is 1.44. The summed E-state index contributed by atoms with van der Waals surface area (Å²) in [6.45, 7) is 5.29. The van der Waals surface area contributed by atoms with Crippen LogP contribution in [0.2, 0.25) is 0 Å². The van der Waals surface area contributed by atoms with Crippen molar-refractivity contribution in [2.45, 2.75) is 13.8 Å². The first-order chi connectivity index (χ1) is 5.35. The Kier molecular flexibility index (Phi) is 6.45. The van der Waals surface area contributed by atoms with Crippen molar-refractivity contribution in [3.05, 3.63) is 11.8 Å². The van der Waals surface area contributed by atoms with Gasteiger partial charge < -0.3 is 9.47 Å². The Labute approximate surface area is 67.2 Å². The standard InChI is InChI=1S/C8H13NO2/c1-3-10-6-8(5-9)7-11-4-2/h6H,3-4,7H2,1-2H3/b8-6+. The van der Waals surface area contributed by atoms with Gasteiger partial charge in [0.05, 0.1) is 25.0 Å². The molecule has 0 bridgehead atoms. The van der Waals surface area contributed by atoms with Gasteiger partial charge in [0, 0.05) is 6.61 Å². The largest absolute Gasteiger partial charge is 0.500 e. The first-order valence-corrected chi connectivity index (χ1v) is 3.63. The third-order valence-electron chi connectivity index (χ3n) is 0.998. The van der Waals surface area contributed by atoms with Crippen molar-refractivity contribution in [1.29, 1.82) is 5.26 Å². The van der Waals surface area contributed by atoms with Crippen molar-refractivity contribution in [3.63, 3.8) is 0 Å². The summed E-state index contributed by atoms with van der Waals surface area (Å²) in [5.74, 6) is 0. The Bertz CT molecular complexity index is 158. The zero-order valence-corrected chi connectivity index (χ0v) is 6.96. The Morgan fingerprint density at radius 2 is 2.18 bits per heavy atom. The molecule has 0 aromatic rings. The molecule has 0 aromatic heterocycles. The van der Waals surface area contributed by atoms with Crippen LogP contribution in [0.3, 0.4) is 0 Å². The quantitative estimate of drug-likeness (QED) is 0.446. The van der Waals surface area contributed by atoms with E-state index in [4.69, 9.17) is 14.7 Å². The number of ether oxygens (including phenoxy) is 2. The molecule has 0 atom stereocenters. The summed E-state index contributed by atoms with van der Waals surface area (Å²) in [5, 5.41) is 8.50. The van der Waals surface area contributed by atoms with Crippen molar-refractivity contribution < 1.29 is 9.47 Å². The Morgan fingerprint density at radius 1 is 1.45 bits per heavy atom. The van der Waals surface area contributed by atoms with Gasteiger partial charge in [0.2, 0.25) is 0 Å². The third kappa shape index (κ3) is 5.43. The predicted octanol–water partition coefficient (Wildman–Crippen LogP) is 1.47. The second-order valence-corrected chi connectivity index (χ2v) is 1.85. The van der Waals surface area contributed by atoms with Crippen LogP contribution in [-0.4, -0.2) is 19.8 Å². The highest BCUT2D eigenvalue weighted by molar-refractivity contribution is 5.18. The second-order valence-electron chi connectivity index (χ2n) is 1.85. The number of hydrogen-bond donors (Lipinski definition) is 0. The van der Waals surface area contributed by atoms with Gasteiger partial charge >= 0.3 is 0 Å². The minimum Gasteiger partial charge on any atom is -0.500 e. The predicted molar refractivity (Wildman–Crippen MR) is 41.8 cm³/mol. The molecule has 0 aliphatic heterocycles. The molecule has 62 valence electrons. The maximum Gasteiger partial charge on any atom is 0.100 e. The monoisotopic (exact) mass is 155 g/mol. The topological polar surface area (TPSA) is 42.2 Å². The SMILES string of the molecule is CCO/C=C(\C#N)COCC. The molecule has 0 N–H and O–H groups in total. The van der Waals surface area contributed by atoms with Crippen LogP contribution in [0.5, 0.6) is 0 Å².